The molecule has 4 aromatic rings. The van der Waals surface area contributed by atoms with Crippen molar-refractivity contribution in [2.75, 3.05) is 17.2 Å². The molecule has 1 amide bonds. The van der Waals surface area contributed by atoms with Gasteiger partial charge in [0.25, 0.3) is 5.91 Å². The molecule has 0 aliphatic carbocycles. The number of anilines is 3. The van der Waals surface area contributed by atoms with Crippen LogP contribution in [0.1, 0.15) is 29.8 Å². The van der Waals surface area contributed by atoms with E-state index >= 15 is 0 Å². The van der Waals surface area contributed by atoms with Gasteiger partial charge in [0.2, 0.25) is 0 Å². The van der Waals surface area contributed by atoms with Crippen LogP contribution < -0.4 is 16.0 Å². The van der Waals surface area contributed by atoms with Crippen molar-refractivity contribution >= 4 is 56.3 Å². The Morgan fingerprint density at radius 2 is 1.94 bits per heavy atom. The number of nitrogens with zero attached hydrogens (tertiary/aromatic N) is 2. The number of rotatable bonds is 9. The van der Waals surface area contributed by atoms with E-state index in [0.29, 0.717) is 23.1 Å². The molecule has 0 bridgehead atoms. The average molecular weight is 514 g/mol. The maximum absolute atomic E-state index is 14.2. The number of nitrogens with one attached hydrogen (secondary N) is 3. The highest BCUT2D eigenvalue weighted by Gasteiger charge is 2.27. The molecule has 35 heavy (non-hydrogen) atoms. The zero-order chi connectivity index (χ0) is 25.0. The number of pyridine rings is 1. The minimum Gasteiger partial charge on any atom is -0.387 e. The molecule has 0 aliphatic rings. The van der Waals surface area contributed by atoms with Crippen molar-refractivity contribution in [2.45, 2.75) is 32.2 Å². The minimum atomic E-state index is -1.62. The Morgan fingerprint density at radius 1 is 1.17 bits per heavy atom. The molecule has 0 fully saturated rings. The maximum Gasteiger partial charge on any atom is 0.255 e. The summed E-state index contributed by atoms with van der Waals surface area (Å²) < 4.78 is 15.2. The highest BCUT2D eigenvalue weighted by atomic mass is 35.5. The standard InChI is InChI=1S/C25H25ClFN5O2S/c1-25(2,34)22(27)13-30-24(33)18-12-29-23(32-17-7-8-19-21(9-17)35-14-31-19)10-20(18)28-11-15-3-5-16(26)6-4-15/h3-10,12,14,22,34H,11,13H2,1-2H3,(H,30,33)(H2,28,29,32). The van der Waals surface area contributed by atoms with E-state index in [1.165, 1.54) is 20.0 Å². The smallest absolute Gasteiger partial charge is 0.255 e. The molecule has 0 radical (unpaired) electrons. The van der Waals surface area contributed by atoms with Crippen LogP contribution in [0.15, 0.2) is 60.2 Å². The number of hydrogen-bond donors (Lipinski definition) is 4. The van der Waals surface area contributed by atoms with Crippen molar-refractivity contribution in [1.82, 2.24) is 15.3 Å². The molecule has 0 saturated carbocycles. The lowest BCUT2D eigenvalue weighted by Gasteiger charge is -2.22. The Hall–Kier alpha value is -3.27. The lowest BCUT2D eigenvalue weighted by Crippen LogP contribution is -2.42. The summed E-state index contributed by atoms with van der Waals surface area (Å²) in [6, 6.07) is 14.9. The van der Waals surface area contributed by atoms with E-state index in [1.807, 2.05) is 30.3 Å². The summed E-state index contributed by atoms with van der Waals surface area (Å²) in [7, 11) is 0. The molecule has 10 heteroatoms. The Morgan fingerprint density at radius 3 is 2.69 bits per heavy atom. The van der Waals surface area contributed by atoms with Crippen molar-refractivity contribution in [3.05, 3.63) is 76.4 Å². The van der Waals surface area contributed by atoms with Crippen LogP contribution in [0.25, 0.3) is 10.2 Å². The predicted octanol–water partition coefficient (Wildman–Crippen LogP) is 5.54. The number of amides is 1. The summed E-state index contributed by atoms with van der Waals surface area (Å²) in [5.74, 6) is 0.0320. The summed E-state index contributed by atoms with van der Waals surface area (Å²) in [6.45, 7) is 2.82. The number of thiazole rings is 1. The van der Waals surface area contributed by atoms with Gasteiger partial charge >= 0.3 is 0 Å². The summed E-state index contributed by atoms with van der Waals surface area (Å²) >= 11 is 7.52. The van der Waals surface area contributed by atoms with Crippen LogP contribution in [-0.4, -0.2) is 39.3 Å². The van der Waals surface area contributed by atoms with Gasteiger partial charge in [-0.05, 0) is 49.7 Å². The van der Waals surface area contributed by atoms with Crippen LogP contribution in [0.3, 0.4) is 0 Å². The second kappa shape index (κ2) is 10.6. The number of alkyl halides is 1. The van der Waals surface area contributed by atoms with Crippen LogP contribution in [-0.2, 0) is 6.54 Å². The lowest BCUT2D eigenvalue weighted by molar-refractivity contribution is -0.00177. The van der Waals surface area contributed by atoms with Gasteiger partial charge in [-0.2, -0.15) is 0 Å². The average Bonchev–Trinajstić information content (AvgIpc) is 3.29. The van der Waals surface area contributed by atoms with E-state index in [0.717, 1.165) is 21.5 Å². The molecule has 2 aromatic heterocycles. The molecule has 1 unspecified atom stereocenters. The van der Waals surface area contributed by atoms with Gasteiger partial charge in [-0.25, -0.2) is 14.4 Å². The first-order valence-corrected chi connectivity index (χ1v) is 12.2. The molecular formula is C25H25ClFN5O2S. The van der Waals surface area contributed by atoms with Gasteiger partial charge in [0, 0.05) is 29.5 Å². The number of carbonyl (C=O) groups is 1. The number of carbonyl (C=O) groups excluding carboxylic acids is 1. The number of aromatic nitrogens is 2. The normalized spacial score (nSPS) is 12.4. The fourth-order valence-corrected chi connectivity index (χ4v) is 4.10. The first-order chi connectivity index (χ1) is 16.7. The topological polar surface area (TPSA) is 99.2 Å². The third kappa shape index (κ3) is 6.45. The van der Waals surface area contributed by atoms with E-state index in [2.05, 4.69) is 25.9 Å². The van der Waals surface area contributed by atoms with E-state index < -0.39 is 17.7 Å². The highest BCUT2D eigenvalue weighted by molar-refractivity contribution is 7.16. The molecular weight excluding hydrogens is 489 g/mol. The fraction of sp³-hybridized carbons (Fsp3) is 0.240. The number of halogens is 2. The van der Waals surface area contributed by atoms with Gasteiger partial charge in [-0.1, -0.05) is 23.7 Å². The summed E-state index contributed by atoms with van der Waals surface area (Å²) in [6.07, 6.45) is -0.183. The van der Waals surface area contributed by atoms with Crippen molar-refractivity contribution in [2.24, 2.45) is 0 Å². The van der Waals surface area contributed by atoms with Crippen LogP contribution in [0.5, 0.6) is 0 Å². The van der Waals surface area contributed by atoms with Gasteiger partial charge in [0.05, 0.1) is 39.1 Å². The second-order valence-corrected chi connectivity index (χ2v) is 9.91. The van der Waals surface area contributed by atoms with E-state index in [-0.39, 0.29) is 12.1 Å². The monoisotopic (exact) mass is 513 g/mol. The number of aliphatic hydroxyl groups is 1. The first-order valence-electron chi connectivity index (χ1n) is 10.9. The molecule has 2 aromatic carbocycles. The van der Waals surface area contributed by atoms with Crippen molar-refractivity contribution in [3.8, 4) is 0 Å². The third-order valence-electron chi connectivity index (χ3n) is 5.36. The Kier molecular flexibility index (Phi) is 7.49. The van der Waals surface area contributed by atoms with Gasteiger partial charge < -0.3 is 21.1 Å². The van der Waals surface area contributed by atoms with Crippen LogP contribution in [0.2, 0.25) is 5.02 Å². The Labute approximate surface area is 211 Å². The van der Waals surface area contributed by atoms with Gasteiger partial charge in [0.15, 0.2) is 0 Å². The van der Waals surface area contributed by atoms with Crippen LogP contribution in [0.4, 0.5) is 21.6 Å². The van der Waals surface area contributed by atoms with Gasteiger partial charge in [-0.3, -0.25) is 4.79 Å². The SMILES string of the molecule is CC(C)(O)C(F)CNC(=O)c1cnc(Nc2ccc3ncsc3c2)cc1NCc1ccc(Cl)cc1. The summed E-state index contributed by atoms with van der Waals surface area (Å²) in [5, 5.41) is 19.5. The predicted molar refractivity (Wildman–Crippen MR) is 139 cm³/mol. The zero-order valence-corrected chi connectivity index (χ0v) is 20.8. The molecule has 2 heterocycles. The Bertz CT molecular complexity index is 1320. The summed E-state index contributed by atoms with van der Waals surface area (Å²) in [5.41, 5.74) is 3.72. The number of fused-ring (bicyclic) bond motifs is 1. The molecule has 0 aliphatic heterocycles. The summed E-state index contributed by atoms with van der Waals surface area (Å²) in [4.78, 5) is 21.5. The van der Waals surface area contributed by atoms with Crippen LogP contribution >= 0.6 is 22.9 Å². The van der Waals surface area contributed by atoms with Gasteiger partial charge in [0.1, 0.15) is 12.0 Å². The lowest BCUT2D eigenvalue weighted by atomic mass is 10.0. The second-order valence-electron chi connectivity index (χ2n) is 8.59. The fourth-order valence-electron chi connectivity index (χ4n) is 3.26. The third-order valence-corrected chi connectivity index (χ3v) is 6.40. The zero-order valence-electron chi connectivity index (χ0n) is 19.2. The first kappa shape index (κ1) is 24.8. The number of benzene rings is 2. The van der Waals surface area contributed by atoms with E-state index in [4.69, 9.17) is 11.6 Å². The maximum atomic E-state index is 14.2. The molecule has 4 N–H and O–H groups in total. The van der Waals surface area contributed by atoms with Crippen molar-refractivity contribution in [1.29, 1.82) is 0 Å². The van der Waals surface area contributed by atoms with Crippen molar-refractivity contribution < 1.29 is 14.3 Å². The molecule has 0 spiro atoms. The number of hydrogen-bond acceptors (Lipinski definition) is 7. The molecule has 0 saturated heterocycles. The van der Waals surface area contributed by atoms with E-state index in [1.54, 1.807) is 35.0 Å². The van der Waals surface area contributed by atoms with Crippen LogP contribution in [0, 0.1) is 0 Å². The Balaban J connectivity index is 1.56. The molecule has 7 nitrogen and oxygen atoms in total. The molecule has 182 valence electrons. The largest absolute Gasteiger partial charge is 0.387 e. The molecule has 4 rings (SSSR count). The van der Waals surface area contributed by atoms with E-state index in [9.17, 15) is 14.3 Å². The van der Waals surface area contributed by atoms with Crippen molar-refractivity contribution in [3.63, 3.8) is 0 Å². The highest BCUT2D eigenvalue weighted by Crippen LogP contribution is 2.26. The quantitative estimate of drug-likeness (QED) is 0.234. The van der Waals surface area contributed by atoms with Gasteiger partial charge in [-0.15, -0.1) is 11.3 Å². The minimum absolute atomic E-state index is 0.255. The molecule has 1 atom stereocenters.